The van der Waals surface area contributed by atoms with Crippen molar-refractivity contribution in [3.05, 3.63) is 87.3 Å². The molecule has 0 unspecified atom stereocenters. The number of hydrogen-bond donors (Lipinski definition) is 1. The van der Waals surface area contributed by atoms with Gasteiger partial charge in [-0.3, -0.25) is 14.2 Å². The summed E-state index contributed by atoms with van der Waals surface area (Å²) in [5.41, 5.74) is 1.85. The number of carbonyl (C=O) groups excluding carboxylic acids is 1. The van der Waals surface area contributed by atoms with Crippen LogP contribution in [0.5, 0.6) is 0 Å². The molecule has 6 nitrogen and oxygen atoms in total. The van der Waals surface area contributed by atoms with Gasteiger partial charge in [-0.05, 0) is 35.7 Å². The zero-order valence-electron chi connectivity index (χ0n) is 16.3. The number of benzene rings is 2. The lowest BCUT2D eigenvalue weighted by Crippen LogP contribution is -2.24. The number of hydrogen-bond acceptors (Lipinski definition) is 6. The molecule has 154 valence electrons. The molecule has 0 fully saturated rings. The molecule has 1 amide bonds. The monoisotopic (exact) mass is 447 g/mol. The van der Waals surface area contributed by atoms with E-state index in [1.807, 2.05) is 72.1 Å². The van der Waals surface area contributed by atoms with Gasteiger partial charge in [-0.1, -0.05) is 48.2 Å². The predicted octanol–water partition coefficient (Wildman–Crippen LogP) is 4.98. The molecule has 8 heteroatoms. The molecule has 3 heterocycles. The third-order valence-corrected chi connectivity index (χ3v) is 6.57. The molecule has 0 bridgehead atoms. The first-order chi connectivity index (χ1) is 15.2. The van der Waals surface area contributed by atoms with Crippen LogP contribution in [0.15, 0.2) is 86.5 Å². The van der Waals surface area contributed by atoms with Crippen LogP contribution in [0.2, 0.25) is 0 Å². The Hall–Kier alpha value is -3.36. The second-order valence-electron chi connectivity index (χ2n) is 6.84. The Morgan fingerprint density at radius 1 is 1.06 bits per heavy atom. The summed E-state index contributed by atoms with van der Waals surface area (Å²) in [4.78, 5) is 31.5. The lowest BCUT2D eigenvalue weighted by molar-refractivity contribution is -0.113. The number of thioether (sulfide) groups is 1. The van der Waals surface area contributed by atoms with Gasteiger partial charge >= 0.3 is 0 Å². The number of rotatable bonds is 6. The molecule has 31 heavy (non-hydrogen) atoms. The van der Waals surface area contributed by atoms with Gasteiger partial charge in [-0.2, -0.15) is 0 Å². The zero-order chi connectivity index (χ0) is 21.2. The van der Waals surface area contributed by atoms with Crippen LogP contribution in [0.1, 0.15) is 4.88 Å². The van der Waals surface area contributed by atoms with Crippen molar-refractivity contribution in [2.75, 3.05) is 11.1 Å². The molecule has 0 spiro atoms. The summed E-state index contributed by atoms with van der Waals surface area (Å²) in [5, 5.41) is 6.10. The third kappa shape index (κ3) is 3.99. The fraction of sp³-hybridized carbons (Fsp3) is 0.0870. The molecule has 0 aliphatic carbocycles. The van der Waals surface area contributed by atoms with Crippen molar-refractivity contribution < 1.29 is 9.21 Å². The fourth-order valence-corrected chi connectivity index (χ4v) is 4.79. The normalized spacial score (nSPS) is 11.2. The van der Waals surface area contributed by atoms with E-state index >= 15 is 0 Å². The number of fused-ring (bicyclic) bond motifs is 3. The van der Waals surface area contributed by atoms with Crippen LogP contribution in [-0.4, -0.2) is 21.2 Å². The Balaban J connectivity index is 1.52. The number of nitrogens with one attached hydrogen (secondary N) is 1. The first-order valence-electron chi connectivity index (χ1n) is 9.61. The van der Waals surface area contributed by atoms with Crippen LogP contribution in [0, 0.1) is 0 Å². The maximum atomic E-state index is 13.3. The maximum Gasteiger partial charge on any atom is 0.298 e. The molecule has 5 aromatic rings. The Morgan fingerprint density at radius 2 is 1.87 bits per heavy atom. The highest BCUT2D eigenvalue weighted by Gasteiger charge is 2.19. The number of aromatic nitrogens is 2. The minimum Gasteiger partial charge on any atom is -0.448 e. The molecule has 5 rings (SSSR count). The van der Waals surface area contributed by atoms with E-state index in [2.05, 4.69) is 5.32 Å². The number of nitrogens with zero attached hydrogens (tertiary/aromatic N) is 2. The molecule has 3 aromatic heterocycles. The first-order valence-corrected chi connectivity index (χ1v) is 11.5. The molecule has 2 aromatic carbocycles. The van der Waals surface area contributed by atoms with Gasteiger partial charge in [0.1, 0.15) is 11.1 Å². The van der Waals surface area contributed by atoms with Crippen molar-refractivity contribution >= 4 is 56.8 Å². The first kappa shape index (κ1) is 19.6. The third-order valence-electron chi connectivity index (χ3n) is 4.73. The van der Waals surface area contributed by atoms with E-state index in [9.17, 15) is 9.59 Å². The highest BCUT2D eigenvalue weighted by atomic mass is 32.2. The number of thiophene rings is 1. The lowest BCUT2D eigenvalue weighted by Gasteiger charge is -2.11. The summed E-state index contributed by atoms with van der Waals surface area (Å²) >= 11 is 2.81. The second-order valence-corrected chi connectivity index (χ2v) is 8.82. The quantitative estimate of drug-likeness (QED) is 0.293. The summed E-state index contributed by atoms with van der Waals surface area (Å²) in [6.07, 6.45) is 0. The van der Waals surface area contributed by atoms with E-state index in [1.54, 1.807) is 15.9 Å². The SMILES string of the molecule is O=C(CSc1nc2c(oc3ccccc32)c(=O)n1Cc1cccs1)Nc1ccccc1. The van der Waals surface area contributed by atoms with Gasteiger partial charge in [-0.25, -0.2) is 4.98 Å². The van der Waals surface area contributed by atoms with Gasteiger partial charge in [0, 0.05) is 16.0 Å². The Morgan fingerprint density at radius 3 is 2.68 bits per heavy atom. The van der Waals surface area contributed by atoms with Gasteiger partial charge in [0.2, 0.25) is 11.5 Å². The van der Waals surface area contributed by atoms with E-state index in [0.29, 0.717) is 22.8 Å². The summed E-state index contributed by atoms with van der Waals surface area (Å²) in [6, 6.07) is 20.6. The van der Waals surface area contributed by atoms with Crippen molar-refractivity contribution in [3.63, 3.8) is 0 Å². The minimum absolute atomic E-state index is 0.132. The molecular weight excluding hydrogens is 430 g/mol. The topological polar surface area (TPSA) is 77.1 Å². The van der Waals surface area contributed by atoms with Crippen molar-refractivity contribution in [3.8, 4) is 0 Å². The summed E-state index contributed by atoms with van der Waals surface area (Å²) < 4.78 is 7.40. The van der Waals surface area contributed by atoms with Crippen LogP contribution in [0.3, 0.4) is 0 Å². The Bertz CT molecular complexity index is 1420. The van der Waals surface area contributed by atoms with Gasteiger partial charge in [0.15, 0.2) is 5.16 Å². The smallest absolute Gasteiger partial charge is 0.298 e. The van der Waals surface area contributed by atoms with E-state index in [-0.39, 0.29) is 22.8 Å². The van der Waals surface area contributed by atoms with Gasteiger partial charge in [0.25, 0.3) is 5.56 Å². The van der Waals surface area contributed by atoms with Crippen molar-refractivity contribution in [2.24, 2.45) is 0 Å². The van der Waals surface area contributed by atoms with Crippen LogP contribution in [0.4, 0.5) is 5.69 Å². The highest BCUT2D eigenvalue weighted by Crippen LogP contribution is 2.28. The second kappa shape index (κ2) is 8.41. The highest BCUT2D eigenvalue weighted by molar-refractivity contribution is 7.99. The molecular formula is C23H17N3O3S2. The van der Waals surface area contributed by atoms with Gasteiger partial charge in [0.05, 0.1) is 12.3 Å². The number of carbonyl (C=O) groups is 1. The van der Waals surface area contributed by atoms with Crippen molar-refractivity contribution in [1.82, 2.24) is 9.55 Å². The van der Waals surface area contributed by atoms with Crippen LogP contribution < -0.4 is 10.9 Å². The molecule has 0 radical (unpaired) electrons. The number of para-hydroxylation sites is 2. The average molecular weight is 448 g/mol. The largest absolute Gasteiger partial charge is 0.448 e. The van der Waals surface area contributed by atoms with E-state index in [1.165, 1.54) is 11.8 Å². The van der Waals surface area contributed by atoms with Crippen LogP contribution in [0.25, 0.3) is 22.1 Å². The fourth-order valence-electron chi connectivity index (χ4n) is 3.31. The van der Waals surface area contributed by atoms with E-state index in [0.717, 1.165) is 16.0 Å². The summed E-state index contributed by atoms with van der Waals surface area (Å²) in [7, 11) is 0. The number of furan rings is 1. The number of amides is 1. The number of anilines is 1. The molecule has 0 saturated carbocycles. The van der Waals surface area contributed by atoms with E-state index in [4.69, 9.17) is 9.40 Å². The van der Waals surface area contributed by atoms with Gasteiger partial charge in [-0.15, -0.1) is 11.3 Å². The minimum atomic E-state index is -0.249. The maximum absolute atomic E-state index is 13.3. The zero-order valence-corrected chi connectivity index (χ0v) is 17.9. The molecule has 0 atom stereocenters. The molecule has 0 saturated heterocycles. The standard InChI is InChI=1S/C23H17N3O3S2/c27-19(24-15-7-2-1-3-8-15)14-31-23-25-20-17-10-4-5-11-18(17)29-21(20)22(28)26(23)13-16-9-6-12-30-16/h1-12H,13-14H2,(H,24,27). The predicted molar refractivity (Wildman–Crippen MR) is 125 cm³/mol. The molecule has 1 N–H and O–H groups in total. The lowest BCUT2D eigenvalue weighted by atomic mass is 10.2. The van der Waals surface area contributed by atoms with Crippen LogP contribution in [-0.2, 0) is 11.3 Å². The summed E-state index contributed by atoms with van der Waals surface area (Å²) in [6.45, 7) is 0.374. The summed E-state index contributed by atoms with van der Waals surface area (Å²) in [5.74, 6) is -0.0298. The van der Waals surface area contributed by atoms with E-state index < -0.39 is 0 Å². The van der Waals surface area contributed by atoms with Gasteiger partial charge < -0.3 is 9.73 Å². The van der Waals surface area contributed by atoms with Crippen molar-refractivity contribution in [2.45, 2.75) is 11.7 Å². The molecule has 0 aliphatic heterocycles. The molecule has 0 aliphatic rings. The average Bonchev–Trinajstić information content (AvgIpc) is 3.43. The Labute approximate surface area is 185 Å². The van der Waals surface area contributed by atoms with Crippen LogP contribution >= 0.6 is 23.1 Å². The Kier molecular flexibility index (Phi) is 5.31. The van der Waals surface area contributed by atoms with Crippen molar-refractivity contribution in [1.29, 1.82) is 0 Å².